The molecule has 4 heteroatoms. The van der Waals surface area contributed by atoms with Crippen LogP contribution in [0.4, 0.5) is 5.69 Å². The molecule has 1 N–H and O–H groups in total. The zero-order valence-corrected chi connectivity index (χ0v) is 14.4. The van der Waals surface area contributed by atoms with Crippen molar-refractivity contribution in [3.05, 3.63) is 59.7 Å². The van der Waals surface area contributed by atoms with Crippen LogP contribution in [0.2, 0.25) is 0 Å². The Morgan fingerprint density at radius 2 is 1.92 bits per heavy atom. The first kappa shape index (κ1) is 16.8. The molecule has 0 aromatic heterocycles. The van der Waals surface area contributed by atoms with Crippen molar-refractivity contribution in [3.8, 4) is 0 Å². The van der Waals surface area contributed by atoms with Gasteiger partial charge < -0.3 is 5.32 Å². The molecule has 1 saturated carbocycles. The summed E-state index contributed by atoms with van der Waals surface area (Å²) in [5.41, 5.74) is 2.67. The van der Waals surface area contributed by atoms with Gasteiger partial charge in [0.25, 0.3) is 0 Å². The fourth-order valence-corrected chi connectivity index (χ4v) is 3.99. The van der Waals surface area contributed by atoms with Crippen molar-refractivity contribution in [1.82, 2.24) is 0 Å². The van der Waals surface area contributed by atoms with Gasteiger partial charge in [0.15, 0.2) is 0 Å². The third-order valence-electron chi connectivity index (χ3n) is 4.35. The summed E-state index contributed by atoms with van der Waals surface area (Å²) in [6, 6.07) is 15.5. The molecule has 0 atom stereocenters. The third-order valence-corrected chi connectivity index (χ3v) is 5.50. The van der Waals surface area contributed by atoms with Crippen LogP contribution in [0.3, 0.4) is 0 Å². The molecule has 1 aliphatic rings. The lowest BCUT2D eigenvalue weighted by Crippen LogP contribution is -2.20. The van der Waals surface area contributed by atoms with Crippen molar-refractivity contribution in [1.29, 1.82) is 0 Å². The van der Waals surface area contributed by atoms with E-state index in [0.29, 0.717) is 5.56 Å². The molecule has 2 aromatic rings. The molecule has 0 heterocycles. The van der Waals surface area contributed by atoms with Crippen molar-refractivity contribution in [2.75, 3.05) is 5.32 Å². The van der Waals surface area contributed by atoms with E-state index in [2.05, 4.69) is 5.32 Å². The number of rotatable bonds is 6. The van der Waals surface area contributed by atoms with Crippen LogP contribution in [0.25, 0.3) is 0 Å². The summed E-state index contributed by atoms with van der Waals surface area (Å²) in [5.74, 6) is 1.06. The van der Waals surface area contributed by atoms with Crippen LogP contribution in [0.1, 0.15) is 41.6 Å². The van der Waals surface area contributed by atoms with Crippen molar-refractivity contribution in [3.63, 3.8) is 0 Å². The number of anilines is 1. The number of carbonyl (C=O) groups excluding carboxylic acids is 2. The number of nitrogens with one attached hydrogen (secondary N) is 1. The minimum Gasteiger partial charge on any atom is -0.325 e. The maximum absolute atomic E-state index is 12.4. The quantitative estimate of drug-likeness (QED) is 0.600. The topological polar surface area (TPSA) is 46.2 Å². The highest BCUT2D eigenvalue weighted by Gasteiger charge is 2.23. The molecule has 3 rings (SSSR count). The van der Waals surface area contributed by atoms with E-state index < -0.39 is 0 Å². The van der Waals surface area contributed by atoms with Gasteiger partial charge in [-0.3, -0.25) is 9.59 Å². The average Bonchev–Trinajstić information content (AvgIpc) is 3.16. The Morgan fingerprint density at radius 1 is 1.12 bits per heavy atom. The smallest absolute Gasteiger partial charge is 0.227 e. The van der Waals surface area contributed by atoms with Gasteiger partial charge in [-0.05, 0) is 36.6 Å². The second-order valence-electron chi connectivity index (χ2n) is 6.12. The van der Waals surface area contributed by atoms with E-state index in [1.54, 1.807) is 17.8 Å². The number of para-hydroxylation sites is 1. The van der Waals surface area contributed by atoms with Gasteiger partial charge in [-0.25, -0.2) is 0 Å². The second kappa shape index (κ2) is 8.15. The van der Waals surface area contributed by atoms with Crippen LogP contribution >= 0.6 is 11.8 Å². The largest absolute Gasteiger partial charge is 0.325 e. The van der Waals surface area contributed by atoms with Crippen LogP contribution in [0.5, 0.6) is 0 Å². The van der Waals surface area contributed by atoms with Crippen LogP contribution < -0.4 is 5.32 Å². The number of aldehydes is 1. The van der Waals surface area contributed by atoms with E-state index in [1.165, 1.54) is 0 Å². The SMILES string of the molecule is O=Cc1cccc(CSc2ccccc2NC(=O)C2CCCC2)c1. The fraction of sp³-hybridized carbons (Fsp3) is 0.300. The Balaban J connectivity index is 1.67. The van der Waals surface area contributed by atoms with Gasteiger partial charge in [-0.1, -0.05) is 43.2 Å². The number of benzene rings is 2. The number of hydrogen-bond donors (Lipinski definition) is 1. The van der Waals surface area contributed by atoms with Crippen molar-refractivity contribution in [2.45, 2.75) is 36.3 Å². The molecule has 1 aliphatic carbocycles. The molecule has 2 aromatic carbocycles. The fourth-order valence-electron chi connectivity index (χ4n) is 3.04. The first-order chi connectivity index (χ1) is 11.8. The summed E-state index contributed by atoms with van der Waals surface area (Å²) in [4.78, 5) is 24.3. The van der Waals surface area contributed by atoms with Gasteiger partial charge in [-0.2, -0.15) is 0 Å². The highest BCUT2D eigenvalue weighted by molar-refractivity contribution is 7.98. The zero-order chi connectivity index (χ0) is 16.8. The van der Waals surface area contributed by atoms with Crippen LogP contribution in [-0.2, 0) is 10.5 Å². The van der Waals surface area contributed by atoms with Gasteiger partial charge >= 0.3 is 0 Å². The summed E-state index contributed by atoms with van der Waals surface area (Å²) >= 11 is 1.67. The highest BCUT2D eigenvalue weighted by Crippen LogP contribution is 2.32. The molecule has 0 radical (unpaired) electrons. The van der Waals surface area contributed by atoms with E-state index in [0.717, 1.165) is 53.9 Å². The van der Waals surface area contributed by atoms with Crippen LogP contribution in [0.15, 0.2) is 53.4 Å². The maximum Gasteiger partial charge on any atom is 0.227 e. The van der Waals surface area contributed by atoms with Gasteiger partial charge in [0.2, 0.25) is 5.91 Å². The predicted molar refractivity (Wildman–Crippen MR) is 98.4 cm³/mol. The van der Waals surface area contributed by atoms with Gasteiger partial charge in [0.05, 0.1) is 5.69 Å². The molecule has 0 spiro atoms. The number of amides is 1. The van der Waals surface area contributed by atoms with Crippen LogP contribution in [-0.4, -0.2) is 12.2 Å². The van der Waals surface area contributed by atoms with E-state index in [1.807, 2.05) is 42.5 Å². The first-order valence-corrected chi connectivity index (χ1v) is 9.31. The Labute approximate surface area is 146 Å². The van der Waals surface area contributed by atoms with Crippen molar-refractivity contribution >= 4 is 29.6 Å². The Kier molecular flexibility index (Phi) is 5.70. The molecule has 1 amide bonds. The number of thioether (sulfide) groups is 1. The van der Waals surface area contributed by atoms with Gasteiger partial charge in [0.1, 0.15) is 6.29 Å². The average molecular weight is 339 g/mol. The summed E-state index contributed by atoms with van der Waals surface area (Å²) in [7, 11) is 0. The number of carbonyl (C=O) groups is 2. The Morgan fingerprint density at radius 3 is 2.71 bits per heavy atom. The molecular weight excluding hydrogens is 318 g/mol. The standard InChI is InChI=1S/C20H21NO2S/c22-13-15-6-5-7-16(12-15)14-24-19-11-4-3-10-18(19)21-20(23)17-8-1-2-9-17/h3-7,10-13,17H,1-2,8-9,14H2,(H,21,23). The van der Waals surface area contributed by atoms with E-state index in [9.17, 15) is 9.59 Å². The monoisotopic (exact) mass is 339 g/mol. The lowest BCUT2D eigenvalue weighted by Gasteiger charge is -2.14. The number of hydrogen-bond acceptors (Lipinski definition) is 3. The van der Waals surface area contributed by atoms with E-state index in [-0.39, 0.29) is 11.8 Å². The summed E-state index contributed by atoms with van der Waals surface area (Å²) in [6.45, 7) is 0. The van der Waals surface area contributed by atoms with Crippen molar-refractivity contribution in [2.24, 2.45) is 5.92 Å². The predicted octanol–water partition coefficient (Wildman–Crippen LogP) is 4.92. The molecule has 0 unspecified atom stereocenters. The molecular formula is C20H21NO2S. The Hall–Kier alpha value is -2.07. The van der Waals surface area contributed by atoms with E-state index >= 15 is 0 Å². The molecule has 0 bridgehead atoms. The minimum absolute atomic E-state index is 0.142. The molecule has 1 fully saturated rings. The molecule has 24 heavy (non-hydrogen) atoms. The minimum atomic E-state index is 0.142. The lowest BCUT2D eigenvalue weighted by molar-refractivity contribution is -0.119. The second-order valence-corrected chi connectivity index (χ2v) is 7.14. The Bertz CT molecular complexity index is 723. The lowest BCUT2D eigenvalue weighted by atomic mass is 10.1. The normalized spacial score (nSPS) is 14.5. The molecule has 0 saturated heterocycles. The zero-order valence-electron chi connectivity index (χ0n) is 13.5. The van der Waals surface area contributed by atoms with Gasteiger partial charge in [-0.15, -0.1) is 11.8 Å². The summed E-state index contributed by atoms with van der Waals surface area (Å²) in [6.07, 6.45) is 5.17. The molecule has 124 valence electrons. The van der Waals surface area contributed by atoms with Gasteiger partial charge in [0, 0.05) is 22.1 Å². The van der Waals surface area contributed by atoms with E-state index in [4.69, 9.17) is 0 Å². The highest BCUT2D eigenvalue weighted by atomic mass is 32.2. The third kappa shape index (κ3) is 4.26. The summed E-state index contributed by atoms with van der Waals surface area (Å²) < 4.78 is 0. The maximum atomic E-state index is 12.4. The van der Waals surface area contributed by atoms with Crippen LogP contribution in [0, 0.1) is 5.92 Å². The first-order valence-electron chi connectivity index (χ1n) is 8.33. The molecule has 0 aliphatic heterocycles. The van der Waals surface area contributed by atoms with Crippen molar-refractivity contribution < 1.29 is 9.59 Å². The molecule has 3 nitrogen and oxygen atoms in total. The summed E-state index contributed by atoms with van der Waals surface area (Å²) in [5, 5.41) is 3.10.